The Morgan fingerprint density at radius 1 is 1.35 bits per heavy atom. The van der Waals surface area contributed by atoms with Crippen LogP contribution in [0.5, 0.6) is 0 Å². The number of carbonyl (C=O) groups is 1. The van der Waals surface area contributed by atoms with E-state index in [1.54, 1.807) is 23.5 Å². The number of carbonyl (C=O) groups excluding carboxylic acids is 1. The second kappa shape index (κ2) is 6.29. The summed E-state index contributed by atoms with van der Waals surface area (Å²) in [6.45, 7) is 4.33. The van der Waals surface area contributed by atoms with Gasteiger partial charge in [-0.2, -0.15) is 0 Å². The van der Waals surface area contributed by atoms with Gasteiger partial charge in [-0.15, -0.1) is 11.3 Å². The maximum Gasteiger partial charge on any atom is 0.250 e. The molecule has 1 unspecified atom stereocenters. The molecule has 5 heteroatoms. The molecule has 2 rings (SSSR count). The van der Waals surface area contributed by atoms with Crippen LogP contribution >= 0.6 is 22.9 Å². The molecule has 20 heavy (non-hydrogen) atoms. The van der Waals surface area contributed by atoms with Crippen LogP contribution in [-0.2, 0) is 0 Å². The van der Waals surface area contributed by atoms with Crippen LogP contribution in [0.25, 0.3) is 0 Å². The normalized spacial score (nSPS) is 12.4. The molecule has 0 aliphatic rings. The van der Waals surface area contributed by atoms with Crippen LogP contribution in [0.15, 0.2) is 35.7 Å². The van der Waals surface area contributed by atoms with Crippen molar-refractivity contribution in [3.63, 3.8) is 0 Å². The lowest BCUT2D eigenvalue weighted by molar-refractivity contribution is 0.100. The average Bonchev–Trinajstić information content (AvgIpc) is 2.88. The summed E-state index contributed by atoms with van der Waals surface area (Å²) < 4.78 is 0. The molecule has 1 heterocycles. The zero-order valence-corrected chi connectivity index (χ0v) is 13.0. The molecule has 3 N–H and O–H groups in total. The van der Waals surface area contributed by atoms with E-state index in [0.29, 0.717) is 16.5 Å². The summed E-state index contributed by atoms with van der Waals surface area (Å²) >= 11 is 7.80. The molecule has 0 saturated heterocycles. The van der Waals surface area contributed by atoms with E-state index in [1.807, 2.05) is 12.1 Å². The van der Waals surface area contributed by atoms with Gasteiger partial charge in [0.2, 0.25) is 5.91 Å². The number of hydrogen-bond acceptors (Lipinski definition) is 3. The summed E-state index contributed by atoms with van der Waals surface area (Å²) in [5.74, 6) is -0.0801. The first-order valence-electron chi connectivity index (χ1n) is 6.38. The lowest BCUT2D eigenvalue weighted by Crippen LogP contribution is -2.16. The van der Waals surface area contributed by atoms with E-state index in [-0.39, 0.29) is 6.04 Å². The highest BCUT2D eigenvalue weighted by molar-refractivity contribution is 7.10. The lowest BCUT2D eigenvalue weighted by Gasteiger charge is -2.22. The van der Waals surface area contributed by atoms with Gasteiger partial charge in [-0.25, -0.2) is 0 Å². The lowest BCUT2D eigenvalue weighted by atomic mass is 10.0. The van der Waals surface area contributed by atoms with Gasteiger partial charge < -0.3 is 11.1 Å². The fourth-order valence-electron chi connectivity index (χ4n) is 2.02. The Morgan fingerprint density at radius 2 is 2.10 bits per heavy atom. The Labute approximate surface area is 127 Å². The highest BCUT2D eigenvalue weighted by Crippen LogP contribution is 2.31. The molecule has 1 atom stereocenters. The number of primary amides is 1. The summed E-state index contributed by atoms with van der Waals surface area (Å²) in [5.41, 5.74) is 6.47. The molecule has 0 radical (unpaired) electrons. The third-order valence-electron chi connectivity index (χ3n) is 3.07. The maximum atomic E-state index is 11.2. The van der Waals surface area contributed by atoms with Gasteiger partial charge in [0.25, 0.3) is 0 Å². The molecule has 106 valence electrons. The van der Waals surface area contributed by atoms with Crippen LogP contribution in [-0.4, -0.2) is 5.91 Å². The van der Waals surface area contributed by atoms with E-state index in [4.69, 9.17) is 17.3 Å². The van der Waals surface area contributed by atoms with Crippen molar-refractivity contribution in [1.29, 1.82) is 0 Å². The predicted molar refractivity (Wildman–Crippen MR) is 85.5 cm³/mol. The fraction of sp³-hybridized carbons (Fsp3) is 0.267. The molecule has 0 saturated carbocycles. The van der Waals surface area contributed by atoms with Crippen molar-refractivity contribution < 1.29 is 4.79 Å². The van der Waals surface area contributed by atoms with E-state index in [0.717, 1.165) is 5.69 Å². The van der Waals surface area contributed by atoms with Crippen molar-refractivity contribution in [2.45, 2.75) is 19.9 Å². The molecule has 2 aromatic rings. The largest absolute Gasteiger partial charge is 0.377 e. The second-order valence-corrected chi connectivity index (χ2v) is 6.33. The number of benzene rings is 1. The van der Waals surface area contributed by atoms with Gasteiger partial charge >= 0.3 is 0 Å². The molecule has 3 nitrogen and oxygen atoms in total. The minimum absolute atomic E-state index is 0.213. The first kappa shape index (κ1) is 14.9. The van der Waals surface area contributed by atoms with Gasteiger partial charge in [0.15, 0.2) is 0 Å². The molecular weight excluding hydrogens is 292 g/mol. The predicted octanol–water partition coefficient (Wildman–Crippen LogP) is 4.31. The van der Waals surface area contributed by atoms with E-state index in [1.165, 1.54) is 4.88 Å². The Kier molecular flexibility index (Phi) is 4.68. The van der Waals surface area contributed by atoms with Crippen molar-refractivity contribution in [3.05, 3.63) is 51.2 Å². The van der Waals surface area contributed by atoms with E-state index < -0.39 is 5.91 Å². The minimum atomic E-state index is -0.514. The Balaban J connectivity index is 2.24. The highest BCUT2D eigenvalue weighted by Gasteiger charge is 2.17. The zero-order chi connectivity index (χ0) is 14.7. The summed E-state index contributed by atoms with van der Waals surface area (Å²) in [7, 11) is 0. The molecule has 1 aromatic carbocycles. The van der Waals surface area contributed by atoms with Crippen LogP contribution in [0.4, 0.5) is 5.69 Å². The summed E-state index contributed by atoms with van der Waals surface area (Å²) in [6, 6.07) is 9.59. The second-order valence-electron chi connectivity index (χ2n) is 4.94. The van der Waals surface area contributed by atoms with Gasteiger partial charge in [-0.3, -0.25) is 4.79 Å². The number of halogens is 1. The minimum Gasteiger partial charge on any atom is -0.377 e. The maximum absolute atomic E-state index is 11.2. The molecule has 0 spiro atoms. The topological polar surface area (TPSA) is 55.1 Å². The number of nitrogens with two attached hydrogens (primary N) is 1. The fourth-order valence-corrected chi connectivity index (χ4v) is 3.24. The average molecular weight is 309 g/mol. The number of nitrogens with one attached hydrogen (secondary N) is 1. The number of thiophene rings is 1. The van der Waals surface area contributed by atoms with E-state index in [2.05, 4.69) is 30.6 Å². The molecule has 1 aromatic heterocycles. The van der Waals surface area contributed by atoms with Crippen LogP contribution in [0, 0.1) is 5.92 Å². The van der Waals surface area contributed by atoms with Crippen molar-refractivity contribution in [2.75, 3.05) is 5.32 Å². The number of anilines is 1. The first-order valence-corrected chi connectivity index (χ1v) is 7.64. The molecule has 0 aliphatic heterocycles. The SMILES string of the molecule is CC(C)C(Nc1ccc(C(N)=O)c(Cl)c1)c1cccs1. The molecule has 0 aliphatic carbocycles. The zero-order valence-electron chi connectivity index (χ0n) is 11.4. The standard InChI is InChI=1S/C15H17ClN2OS/c1-9(2)14(13-4-3-7-20-13)18-10-5-6-11(15(17)19)12(16)8-10/h3-9,14,18H,1-2H3,(H2,17,19). The summed E-state index contributed by atoms with van der Waals surface area (Å²) in [6.07, 6.45) is 0. The summed E-state index contributed by atoms with van der Waals surface area (Å²) in [4.78, 5) is 12.4. The molecule has 0 fully saturated rings. The summed E-state index contributed by atoms with van der Waals surface area (Å²) in [5, 5.41) is 5.90. The molecule has 1 amide bonds. The van der Waals surface area contributed by atoms with Crippen molar-refractivity contribution in [1.82, 2.24) is 0 Å². The Hall–Kier alpha value is -1.52. The van der Waals surface area contributed by atoms with Gasteiger partial charge in [-0.05, 0) is 35.6 Å². The van der Waals surface area contributed by atoms with E-state index >= 15 is 0 Å². The van der Waals surface area contributed by atoms with Gasteiger partial charge in [-0.1, -0.05) is 31.5 Å². The van der Waals surface area contributed by atoms with Crippen LogP contribution in [0.3, 0.4) is 0 Å². The third kappa shape index (κ3) is 3.32. The van der Waals surface area contributed by atoms with Crippen molar-refractivity contribution in [2.24, 2.45) is 11.7 Å². The highest BCUT2D eigenvalue weighted by atomic mass is 35.5. The smallest absolute Gasteiger partial charge is 0.250 e. The number of amides is 1. The number of hydrogen-bond donors (Lipinski definition) is 2. The molecular formula is C15H17ClN2OS. The first-order chi connectivity index (χ1) is 9.49. The van der Waals surface area contributed by atoms with Gasteiger partial charge in [0.05, 0.1) is 16.6 Å². The molecule has 0 bridgehead atoms. The van der Waals surface area contributed by atoms with E-state index in [9.17, 15) is 4.79 Å². The Bertz CT molecular complexity index is 596. The van der Waals surface area contributed by atoms with Crippen LogP contribution in [0.1, 0.15) is 35.1 Å². The van der Waals surface area contributed by atoms with Gasteiger partial charge in [0, 0.05) is 10.6 Å². The quantitative estimate of drug-likeness (QED) is 0.864. The van der Waals surface area contributed by atoms with Gasteiger partial charge in [0.1, 0.15) is 0 Å². The Morgan fingerprint density at radius 3 is 2.60 bits per heavy atom. The number of rotatable bonds is 5. The third-order valence-corrected chi connectivity index (χ3v) is 4.34. The van der Waals surface area contributed by atoms with Crippen LogP contribution in [0.2, 0.25) is 5.02 Å². The van der Waals surface area contributed by atoms with Crippen molar-refractivity contribution >= 4 is 34.5 Å². The van der Waals surface area contributed by atoms with Crippen molar-refractivity contribution in [3.8, 4) is 0 Å². The monoisotopic (exact) mass is 308 g/mol. The van der Waals surface area contributed by atoms with Crippen LogP contribution < -0.4 is 11.1 Å².